The minimum absolute atomic E-state index is 0.0156. The van der Waals surface area contributed by atoms with E-state index in [-0.39, 0.29) is 16.9 Å². The number of amides is 1. The number of rotatable bonds is 5. The average molecular weight is 345 g/mol. The van der Waals surface area contributed by atoms with Gasteiger partial charge >= 0.3 is 5.97 Å². The van der Waals surface area contributed by atoms with E-state index in [1.165, 1.54) is 6.07 Å². The van der Waals surface area contributed by atoms with Crippen LogP contribution in [0, 0.1) is 0 Å². The Balaban J connectivity index is 1.58. The molecule has 0 bridgehead atoms. The Hall–Kier alpha value is -2.18. The van der Waals surface area contributed by atoms with E-state index < -0.39 is 5.97 Å². The average Bonchev–Trinajstić information content (AvgIpc) is 3.11. The summed E-state index contributed by atoms with van der Waals surface area (Å²) < 4.78 is 5.94. The lowest BCUT2D eigenvalue weighted by Gasteiger charge is -2.32. The summed E-state index contributed by atoms with van der Waals surface area (Å²) in [7, 11) is 0. The Morgan fingerprint density at radius 1 is 1.17 bits per heavy atom. The van der Waals surface area contributed by atoms with Crippen molar-refractivity contribution in [1.82, 2.24) is 4.90 Å². The quantitative estimate of drug-likeness (QED) is 0.903. The molecule has 3 rings (SSSR count). The highest BCUT2D eigenvalue weighted by atomic mass is 32.1. The van der Waals surface area contributed by atoms with Gasteiger partial charge in [0.25, 0.3) is 5.91 Å². The SMILES string of the molecule is O=C(O)c1ccc(C(=O)N2CCCC(OCc3ccccc3)C2)s1. The van der Waals surface area contributed by atoms with Crippen LogP contribution in [0.4, 0.5) is 0 Å². The Labute approximate surface area is 144 Å². The lowest BCUT2D eigenvalue weighted by molar-refractivity contribution is -0.00659. The predicted octanol–water partition coefficient (Wildman–Crippen LogP) is 3.27. The molecule has 0 aliphatic carbocycles. The molecule has 1 aromatic carbocycles. The van der Waals surface area contributed by atoms with E-state index in [0.29, 0.717) is 24.6 Å². The molecule has 1 aliphatic heterocycles. The third-order valence-electron chi connectivity index (χ3n) is 4.02. The molecule has 2 heterocycles. The summed E-state index contributed by atoms with van der Waals surface area (Å²) in [5.41, 5.74) is 1.12. The van der Waals surface area contributed by atoms with Crippen molar-refractivity contribution in [3.8, 4) is 0 Å². The molecule has 1 aromatic heterocycles. The first-order valence-corrected chi connectivity index (χ1v) is 8.73. The maximum absolute atomic E-state index is 12.5. The highest BCUT2D eigenvalue weighted by molar-refractivity contribution is 7.15. The molecule has 1 fully saturated rings. The van der Waals surface area contributed by atoms with Gasteiger partial charge in [-0.15, -0.1) is 11.3 Å². The Morgan fingerprint density at radius 2 is 1.92 bits per heavy atom. The second-order valence-corrected chi connectivity index (χ2v) is 6.86. The topological polar surface area (TPSA) is 66.8 Å². The van der Waals surface area contributed by atoms with Gasteiger partial charge in [0.05, 0.1) is 17.6 Å². The number of carboxylic acid groups (broad SMARTS) is 1. The number of hydrogen-bond acceptors (Lipinski definition) is 4. The molecule has 1 unspecified atom stereocenters. The molecular formula is C18H19NO4S. The summed E-state index contributed by atoms with van der Waals surface area (Å²) in [6.45, 7) is 1.77. The summed E-state index contributed by atoms with van der Waals surface area (Å²) >= 11 is 1.02. The molecule has 0 radical (unpaired) electrons. The number of aromatic carboxylic acids is 1. The largest absolute Gasteiger partial charge is 0.477 e. The number of carbonyl (C=O) groups is 2. The lowest BCUT2D eigenvalue weighted by Crippen LogP contribution is -2.42. The first kappa shape index (κ1) is 16.7. The molecule has 1 aliphatic rings. The van der Waals surface area contributed by atoms with Gasteiger partial charge in [0.2, 0.25) is 0 Å². The van der Waals surface area contributed by atoms with Crippen LogP contribution >= 0.6 is 11.3 Å². The number of nitrogens with zero attached hydrogens (tertiary/aromatic N) is 1. The number of carboxylic acids is 1. The molecular weight excluding hydrogens is 326 g/mol. The normalized spacial score (nSPS) is 17.7. The monoisotopic (exact) mass is 345 g/mol. The zero-order valence-corrected chi connectivity index (χ0v) is 14.0. The molecule has 1 amide bonds. The molecule has 1 N–H and O–H groups in total. The van der Waals surface area contributed by atoms with Gasteiger partial charge in [-0.1, -0.05) is 30.3 Å². The van der Waals surface area contributed by atoms with Crippen molar-refractivity contribution < 1.29 is 19.4 Å². The fourth-order valence-electron chi connectivity index (χ4n) is 2.77. The second-order valence-electron chi connectivity index (χ2n) is 5.78. The van der Waals surface area contributed by atoms with Crippen LogP contribution < -0.4 is 0 Å². The standard InChI is InChI=1S/C18H19NO4S/c20-17(15-8-9-16(24-15)18(21)22)19-10-4-7-14(11-19)23-12-13-5-2-1-3-6-13/h1-3,5-6,8-9,14H,4,7,10-12H2,(H,21,22). The summed E-state index contributed by atoms with van der Waals surface area (Å²) in [6, 6.07) is 13.0. The first-order chi connectivity index (χ1) is 11.6. The third kappa shape index (κ3) is 4.01. The van der Waals surface area contributed by atoms with Crippen molar-refractivity contribution in [2.24, 2.45) is 0 Å². The highest BCUT2D eigenvalue weighted by Gasteiger charge is 2.26. The fraction of sp³-hybridized carbons (Fsp3) is 0.333. The predicted molar refractivity (Wildman–Crippen MR) is 91.4 cm³/mol. The summed E-state index contributed by atoms with van der Waals surface area (Å²) in [5, 5.41) is 8.98. The minimum Gasteiger partial charge on any atom is -0.477 e. The molecule has 1 saturated heterocycles. The smallest absolute Gasteiger partial charge is 0.345 e. The van der Waals surface area contributed by atoms with Gasteiger partial charge in [-0.25, -0.2) is 4.79 Å². The van der Waals surface area contributed by atoms with Crippen LogP contribution in [0.1, 0.15) is 37.7 Å². The van der Waals surface area contributed by atoms with Crippen molar-refractivity contribution >= 4 is 23.2 Å². The van der Waals surface area contributed by atoms with Gasteiger partial charge in [0.15, 0.2) is 0 Å². The molecule has 5 nitrogen and oxygen atoms in total. The molecule has 0 saturated carbocycles. The minimum atomic E-state index is -0.998. The van der Waals surface area contributed by atoms with Crippen LogP contribution in [-0.2, 0) is 11.3 Å². The lowest BCUT2D eigenvalue weighted by atomic mass is 10.1. The van der Waals surface area contributed by atoms with Gasteiger partial charge in [0, 0.05) is 13.1 Å². The molecule has 24 heavy (non-hydrogen) atoms. The molecule has 1 atom stereocenters. The zero-order chi connectivity index (χ0) is 16.9. The Bertz CT molecular complexity index is 713. The third-order valence-corrected chi connectivity index (χ3v) is 5.08. The van der Waals surface area contributed by atoms with Crippen molar-refractivity contribution in [3.63, 3.8) is 0 Å². The number of piperidine rings is 1. The molecule has 0 spiro atoms. The van der Waals surface area contributed by atoms with E-state index >= 15 is 0 Å². The molecule has 6 heteroatoms. The van der Waals surface area contributed by atoms with Gasteiger partial charge in [-0.3, -0.25) is 4.79 Å². The van der Waals surface area contributed by atoms with Crippen molar-refractivity contribution in [2.45, 2.75) is 25.6 Å². The number of hydrogen-bond donors (Lipinski definition) is 1. The maximum Gasteiger partial charge on any atom is 0.345 e. The van der Waals surface area contributed by atoms with Crippen LogP contribution in [-0.4, -0.2) is 41.1 Å². The number of carbonyl (C=O) groups excluding carboxylic acids is 1. The van der Waals surface area contributed by atoms with E-state index in [0.717, 1.165) is 29.7 Å². The summed E-state index contributed by atoms with van der Waals surface area (Å²) in [5.74, 6) is -1.11. The summed E-state index contributed by atoms with van der Waals surface area (Å²) in [4.78, 5) is 25.9. The number of benzene rings is 1. The van der Waals surface area contributed by atoms with Crippen molar-refractivity contribution in [3.05, 3.63) is 57.8 Å². The van der Waals surface area contributed by atoms with Crippen LogP contribution in [0.15, 0.2) is 42.5 Å². The maximum atomic E-state index is 12.5. The van der Waals surface area contributed by atoms with E-state index in [9.17, 15) is 9.59 Å². The molecule has 126 valence electrons. The fourth-order valence-corrected chi connectivity index (χ4v) is 3.58. The number of likely N-dealkylation sites (tertiary alicyclic amines) is 1. The van der Waals surface area contributed by atoms with Gasteiger partial charge in [-0.2, -0.15) is 0 Å². The highest BCUT2D eigenvalue weighted by Crippen LogP contribution is 2.22. The van der Waals surface area contributed by atoms with Crippen molar-refractivity contribution in [1.29, 1.82) is 0 Å². The summed E-state index contributed by atoms with van der Waals surface area (Å²) in [6.07, 6.45) is 1.84. The van der Waals surface area contributed by atoms with Gasteiger partial charge < -0.3 is 14.7 Å². The number of thiophene rings is 1. The van der Waals surface area contributed by atoms with E-state index in [1.54, 1.807) is 11.0 Å². The van der Waals surface area contributed by atoms with Gasteiger partial charge in [-0.05, 0) is 30.5 Å². The second kappa shape index (κ2) is 7.59. The van der Waals surface area contributed by atoms with E-state index in [1.807, 2.05) is 30.3 Å². The van der Waals surface area contributed by atoms with E-state index in [2.05, 4.69) is 0 Å². The first-order valence-electron chi connectivity index (χ1n) is 7.91. The number of ether oxygens (including phenoxy) is 1. The molecule has 2 aromatic rings. The van der Waals surface area contributed by atoms with Crippen molar-refractivity contribution in [2.75, 3.05) is 13.1 Å². The van der Waals surface area contributed by atoms with Crippen LogP contribution in [0.5, 0.6) is 0 Å². The Morgan fingerprint density at radius 3 is 2.62 bits per heavy atom. The van der Waals surface area contributed by atoms with Crippen LogP contribution in [0.3, 0.4) is 0 Å². The zero-order valence-electron chi connectivity index (χ0n) is 13.2. The van der Waals surface area contributed by atoms with E-state index in [4.69, 9.17) is 9.84 Å². The van der Waals surface area contributed by atoms with Crippen LogP contribution in [0.25, 0.3) is 0 Å². The Kier molecular flexibility index (Phi) is 5.27. The van der Waals surface area contributed by atoms with Gasteiger partial charge in [0.1, 0.15) is 4.88 Å². The van der Waals surface area contributed by atoms with Crippen LogP contribution in [0.2, 0.25) is 0 Å².